The minimum atomic E-state index is -0.329. The first-order valence-electron chi connectivity index (χ1n) is 7.58. The van der Waals surface area contributed by atoms with Crippen molar-refractivity contribution in [3.63, 3.8) is 0 Å². The maximum Gasteiger partial charge on any atom is 0.290 e. The second-order valence-electron chi connectivity index (χ2n) is 5.92. The van der Waals surface area contributed by atoms with Crippen molar-refractivity contribution in [2.75, 3.05) is 19.0 Å². The molecular weight excluding hydrogens is 322 g/mol. The monoisotopic (exact) mass is 341 g/mol. The molecule has 0 radical (unpaired) electrons. The van der Waals surface area contributed by atoms with Crippen LogP contribution in [0, 0.1) is 13.8 Å². The molecule has 1 saturated heterocycles. The predicted octanol–water partition coefficient (Wildman–Crippen LogP) is 3.48. The Morgan fingerprint density at radius 2 is 1.79 bits per heavy atom. The minimum absolute atomic E-state index is 0.320. The van der Waals surface area contributed by atoms with E-state index >= 15 is 0 Å². The van der Waals surface area contributed by atoms with Crippen LogP contribution < -0.4 is 10.2 Å². The Hall–Kier alpha value is -2.47. The molecule has 5 nitrogen and oxygen atoms in total. The number of carbonyl (C=O) groups is 2. The summed E-state index contributed by atoms with van der Waals surface area (Å²) in [5, 5.41) is 1.96. The number of nitrogens with zero attached hydrogens (tertiary/aromatic N) is 2. The van der Waals surface area contributed by atoms with Crippen LogP contribution in [0.5, 0.6) is 0 Å². The molecule has 1 aliphatic rings. The standard InChI is InChI=1S/C18H19N3O2S/c1-11-9-13(10-16-17(22)19-18(23)24-16)12(2)21(11)15-7-5-14(6-8-15)20(3)4/h5-10H,1-4H3,(H,19,22,23). The molecule has 1 fully saturated rings. The van der Waals surface area contributed by atoms with E-state index in [9.17, 15) is 9.59 Å². The Morgan fingerprint density at radius 3 is 2.33 bits per heavy atom. The molecule has 24 heavy (non-hydrogen) atoms. The van der Waals surface area contributed by atoms with Gasteiger partial charge in [0.25, 0.3) is 11.1 Å². The fourth-order valence-electron chi connectivity index (χ4n) is 2.79. The summed E-state index contributed by atoms with van der Waals surface area (Å²) in [5.41, 5.74) is 5.26. The number of aromatic nitrogens is 1. The molecule has 124 valence electrons. The summed E-state index contributed by atoms with van der Waals surface area (Å²) in [5.74, 6) is -0.329. The fraction of sp³-hybridized carbons (Fsp3) is 0.222. The molecule has 0 spiro atoms. The highest BCUT2D eigenvalue weighted by Crippen LogP contribution is 2.29. The summed E-state index contributed by atoms with van der Waals surface area (Å²) in [6.45, 7) is 4.04. The van der Waals surface area contributed by atoms with Crippen LogP contribution in [0.2, 0.25) is 0 Å². The second-order valence-corrected chi connectivity index (χ2v) is 6.94. The lowest BCUT2D eigenvalue weighted by atomic mass is 10.2. The molecule has 2 heterocycles. The minimum Gasteiger partial charge on any atom is -0.378 e. The number of amides is 2. The molecule has 0 bridgehead atoms. The summed E-state index contributed by atoms with van der Waals surface area (Å²) in [4.78, 5) is 25.5. The van der Waals surface area contributed by atoms with Gasteiger partial charge in [-0.15, -0.1) is 0 Å². The molecule has 0 unspecified atom stereocenters. The number of benzene rings is 1. The third kappa shape index (κ3) is 2.97. The zero-order chi connectivity index (χ0) is 17.4. The van der Waals surface area contributed by atoms with Crippen LogP contribution in [0.3, 0.4) is 0 Å². The van der Waals surface area contributed by atoms with Crippen molar-refractivity contribution in [3.8, 4) is 5.69 Å². The number of carbonyl (C=O) groups excluding carboxylic acids is 2. The number of imide groups is 1. The highest BCUT2D eigenvalue weighted by Gasteiger charge is 2.25. The van der Waals surface area contributed by atoms with Gasteiger partial charge in [0.15, 0.2) is 0 Å². The van der Waals surface area contributed by atoms with Gasteiger partial charge in [0.1, 0.15) is 0 Å². The molecule has 2 aromatic rings. The van der Waals surface area contributed by atoms with Crippen molar-refractivity contribution in [2.45, 2.75) is 13.8 Å². The summed E-state index contributed by atoms with van der Waals surface area (Å²) >= 11 is 0.940. The van der Waals surface area contributed by atoms with Gasteiger partial charge in [-0.05, 0) is 67.6 Å². The summed E-state index contributed by atoms with van der Waals surface area (Å²) in [7, 11) is 4.02. The molecule has 0 atom stereocenters. The lowest BCUT2D eigenvalue weighted by Crippen LogP contribution is -2.17. The van der Waals surface area contributed by atoms with Gasteiger partial charge in [0, 0.05) is 36.9 Å². The third-order valence-corrected chi connectivity index (χ3v) is 4.83. The quantitative estimate of drug-likeness (QED) is 0.869. The van der Waals surface area contributed by atoms with Gasteiger partial charge in [-0.2, -0.15) is 0 Å². The van der Waals surface area contributed by atoms with Gasteiger partial charge in [0.2, 0.25) is 0 Å². The first-order valence-corrected chi connectivity index (χ1v) is 8.40. The topological polar surface area (TPSA) is 54.3 Å². The lowest BCUT2D eigenvalue weighted by Gasteiger charge is -2.14. The van der Waals surface area contributed by atoms with Crippen molar-refractivity contribution in [1.82, 2.24) is 9.88 Å². The number of rotatable bonds is 3. The van der Waals surface area contributed by atoms with E-state index in [1.165, 1.54) is 0 Å². The number of anilines is 1. The third-order valence-electron chi connectivity index (χ3n) is 4.02. The molecule has 1 aromatic carbocycles. The molecule has 6 heteroatoms. The number of hydrogen-bond donors (Lipinski definition) is 1. The normalized spacial score (nSPS) is 15.9. The van der Waals surface area contributed by atoms with Crippen LogP contribution >= 0.6 is 11.8 Å². The maximum absolute atomic E-state index is 11.7. The van der Waals surface area contributed by atoms with Crippen molar-refractivity contribution in [1.29, 1.82) is 0 Å². The second kappa shape index (κ2) is 6.20. The fourth-order valence-corrected chi connectivity index (χ4v) is 3.47. The van der Waals surface area contributed by atoms with E-state index in [2.05, 4.69) is 39.0 Å². The maximum atomic E-state index is 11.7. The average molecular weight is 341 g/mol. The molecule has 1 N–H and O–H groups in total. The first kappa shape index (κ1) is 16.4. The van der Waals surface area contributed by atoms with Gasteiger partial charge >= 0.3 is 0 Å². The summed E-state index contributed by atoms with van der Waals surface area (Å²) in [6.07, 6.45) is 1.78. The van der Waals surface area contributed by atoms with Gasteiger partial charge < -0.3 is 9.47 Å². The van der Waals surface area contributed by atoms with E-state index in [1.54, 1.807) is 6.08 Å². The van der Waals surface area contributed by atoms with E-state index < -0.39 is 0 Å². The number of nitrogens with one attached hydrogen (secondary N) is 1. The van der Waals surface area contributed by atoms with Crippen molar-refractivity contribution >= 4 is 34.7 Å². The zero-order valence-electron chi connectivity index (χ0n) is 14.1. The number of thioether (sulfide) groups is 1. The Labute approximate surface area is 145 Å². The lowest BCUT2D eigenvalue weighted by molar-refractivity contribution is -0.115. The van der Waals surface area contributed by atoms with Gasteiger partial charge in [0.05, 0.1) is 4.91 Å². The van der Waals surface area contributed by atoms with Crippen LogP contribution in [-0.2, 0) is 4.79 Å². The smallest absolute Gasteiger partial charge is 0.290 e. The molecule has 3 rings (SSSR count). The molecule has 0 saturated carbocycles. The zero-order valence-corrected chi connectivity index (χ0v) is 14.9. The number of hydrogen-bond acceptors (Lipinski definition) is 4. The average Bonchev–Trinajstić information content (AvgIpc) is 2.98. The molecule has 1 aromatic heterocycles. The van der Waals surface area contributed by atoms with E-state index in [4.69, 9.17) is 0 Å². The van der Waals surface area contributed by atoms with Gasteiger partial charge in [-0.1, -0.05) is 0 Å². The van der Waals surface area contributed by atoms with E-state index in [0.717, 1.165) is 40.1 Å². The predicted molar refractivity (Wildman–Crippen MR) is 98.7 cm³/mol. The van der Waals surface area contributed by atoms with E-state index in [1.807, 2.05) is 34.0 Å². The SMILES string of the molecule is Cc1cc(C=C2SC(=O)NC2=O)c(C)n1-c1ccc(N(C)C)cc1. The van der Waals surface area contributed by atoms with Crippen molar-refractivity contribution in [2.24, 2.45) is 0 Å². The van der Waals surface area contributed by atoms with Crippen LogP contribution in [0.15, 0.2) is 35.2 Å². The highest BCUT2D eigenvalue weighted by atomic mass is 32.2. The van der Waals surface area contributed by atoms with Crippen molar-refractivity contribution < 1.29 is 9.59 Å². The largest absolute Gasteiger partial charge is 0.378 e. The Balaban J connectivity index is 1.99. The van der Waals surface area contributed by atoms with E-state index in [0.29, 0.717) is 4.91 Å². The first-order chi connectivity index (χ1) is 11.4. The molecule has 0 aliphatic carbocycles. The molecular formula is C18H19N3O2S. The van der Waals surface area contributed by atoms with Crippen LogP contribution in [-0.4, -0.2) is 29.8 Å². The van der Waals surface area contributed by atoms with Crippen LogP contribution in [0.1, 0.15) is 17.0 Å². The van der Waals surface area contributed by atoms with Crippen LogP contribution in [0.4, 0.5) is 10.5 Å². The Morgan fingerprint density at radius 1 is 1.12 bits per heavy atom. The highest BCUT2D eigenvalue weighted by molar-refractivity contribution is 8.18. The number of aryl methyl sites for hydroxylation is 1. The van der Waals surface area contributed by atoms with E-state index in [-0.39, 0.29) is 11.1 Å². The Kier molecular flexibility index (Phi) is 4.24. The molecule has 2 amide bonds. The summed E-state index contributed by atoms with van der Waals surface area (Å²) in [6, 6.07) is 10.3. The van der Waals surface area contributed by atoms with Crippen LogP contribution in [0.25, 0.3) is 11.8 Å². The summed E-state index contributed by atoms with van der Waals surface area (Å²) < 4.78 is 2.14. The molecule has 1 aliphatic heterocycles. The Bertz CT molecular complexity index is 848. The van der Waals surface area contributed by atoms with Crippen molar-refractivity contribution in [3.05, 3.63) is 52.2 Å². The van der Waals surface area contributed by atoms with Gasteiger partial charge in [-0.3, -0.25) is 14.9 Å². The van der Waals surface area contributed by atoms with Gasteiger partial charge in [-0.25, -0.2) is 0 Å².